The summed E-state index contributed by atoms with van der Waals surface area (Å²) < 4.78 is 0. The van der Waals surface area contributed by atoms with Gasteiger partial charge in [0.1, 0.15) is 0 Å². The average Bonchev–Trinajstić information content (AvgIpc) is 2.38. The van der Waals surface area contributed by atoms with Gasteiger partial charge in [0, 0.05) is 12.0 Å². The molecule has 0 spiro atoms. The van der Waals surface area contributed by atoms with Crippen molar-refractivity contribution in [2.45, 2.75) is 38.5 Å². The fraction of sp³-hybridized carbons (Fsp3) is 0.438. The third kappa shape index (κ3) is 3.29. The standard InChI is InChI=1S/C16H20O/c1-13-7-5-6-8-14(13)11-12-16(17)15-9-3-2-4-10-15/h2-4,9-10,14H,1,5-8,11-12H2/t14-/m0/s1. The van der Waals surface area contributed by atoms with Crippen molar-refractivity contribution >= 4 is 5.78 Å². The van der Waals surface area contributed by atoms with Crippen LogP contribution in [0.3, 0.4) is 0 Å². The molecule has 1 aromatic rings. The first-order valence-electron chi connectivity index (χ1n) is 6.53. The zero-order valence-electron chi connectivity index (χ0n) is 10.3. The van der Waals surface area contributed by atoms with Crippen molar-refractivity contribution in [3.05, 3.63) is 48.0 Å². The number of carbonyl (C=O) groups is 1. The Morgan fingerprint density at radius 1 is 1.24 bits per heavy atom. The molecule has 0 unspecified atom stereocenters. The second-order valence-electron chi connectivity index (χ2n) is 4.93. The predicted octanol–water partition coefficient (Wildman–Crippen LogP) is 4.40. The van der Waals surface area contributed by atoms with Crippen molar-refractivity contribution < 1.29 is 4.79 Å². The summed E-state index contributed by atoms with van der Waals surface area (Å²) in [7, 11) is 0. The fourth-order valence-corrected chi connectivity index (χ4v) is 2.57. The summed E-state index contributed by atoms with van der Waals surface area (Å²) in [5.74, 6) is 0.848. The molecule has 0 aliphatic heterocycles. The molecular formula is C16H20O. The van der Waals surface area contributed by atoms with Gasteiger partial charge in [0.2, 0.25) is 0 Å². The molecule has 0 N–H and O–H groups in total. The van der Waals surface area contributed by atoms with Crippen molar-refractivity contribution in [2.24, 2.45) is 5.92 Å². The van der Waals surface area contributed by atoms with Crippen LogP contribution >= 0.6 is 0 Å². The number of benzene rings is 1. The van der Waals surface area contributed by atoms with Gasteiger partial charge in [-0.25, -0.2) is 0 Å². The van der Waals surface area contributed by atoms with Gasteiger partial charge in [-0.15, -0.1) is 0 Å². The Hall–Kier alpha value is -1.37. The molecule has 1 aliphatic carbocycles. The van der Waals surface area contributed by atoms with E-state index in [2.05, 4.69) is 6.58 Å². The summed E-state index contributed by atoms with van der Waals surface area (Å²) in [6.45, 7) is 4.13. The van der Waals surface area contributed by atoms with Gasteiger partial charge in [-0.1, -0.05) is 48.9 Å². The Morgan fingerprint density at radius 3 is 2.71 bits per heavy atom. The van der Waals surface area contributed by atoms with E-state index in [0.717, 1.165) is 18.4 Å². The molecule has 0 heterocycles. The smallest absolute Gasteiger partial charge is 0.162 e. The zero-order chi connectivity index (χ0) is 12.1. The Balaban J connectivity index is 1.86. The molecule has 90 valence electrons. The van der Waals surface area contributed by atoms with Crippen molar-refractivity contribution in [3.8, 4) is 0 Å². The van der Waals surface area contributed by atoms with E-state index in [-0.39, 0.29) is 5.78 Å². The van der Waals surface area contributed by atoms with Crippen molar-refractivity contribution in [1.82, 2.24) is 0 Å². The third-order valence-electron chi connectivity index (χ3n) is 3.69. The molecule has 0 aromatic heterocycles. The normalized spacial score (nSPS) is 20.2. The van der Waals surface area contributed by atoms with E-state index in [4.69, 9.17) is 0 Å². The van der Waals surface area contributed by atoms with Crippen LogP contribution in [-0.4, -0.2) is 5.78 Å². The Bertz CT molecular complexity index is 391. The minimum absolute atomic E-state index is 0.268. The van der Waals surface area contributed by atoms with Crippen molar-refractivity contribution in [2.75, 3.05) is 0 Å². The van der Waals surface area contributed by atoms with Gasteiger partial charge in [0.15, 0.2) is 5.78 Å². The molecule has 1 heteroatoms. The Kier molecular flexibility index (Phi) is 4.13. The Labute approximate surface area is 104 Å². The Morgan fingerprint density at radius 2 is 2.00 bits per heavy atom. The van der Waals surface area contributed by atoms with Crippen LogP contribution in [0.2, 0.25) is 0 Å². The lowest BCUT2D eigenvalue weighted by molar-refractivity contribution is 0.0974. The fourth-order valence-electron chi connectivity index (χ4n) is 2.57. The molecule has 2 rings (SSSR count). The lowest BCUT2D eigenvalue weighted by atomic mass is 9.82. The van der Waals surface area contributed by atoms with Crippen LogP contribution in [0.4, 0.5) is 0 Å². The highest BCUT2D eigenvalue weighted by Gasteiger charge is 2.18. The van der Waals surface area contributed by atoms with Gasteiger partial charge in [-0.05, 0) is 31.6 Å². The maximum absolute atomic E-state index is 12.0. The van der Waals surface area contributed by atoms with Gasteiger partial charge >= 0.3 is 0 Å². The number of allylic oxidation sites excluding steroid dienone is 1. The minimum atomic E-state index is 0.268. The second-order valence-corrected chi connectivity index (χ2v) is 4.93. The van der Waals surface area contributed by atoms with Gasteiger partial charge in [-0.3, -0.25) is 4.79 Å². The molecule has 0 saturated heterocycles. The molecule has 1 aliphatic rings. The molecule has 1 atom stereocenters. The topological polar surface area (TPSA) is 17.1 Å². The molecule has 1 aromatic carbocycles. The number of ketones is 1. The summed E-state index contributed by atoms with van der Waals surface area (Å²) >= 11 is 0. The van der Waals surface area contributed by atoms with E-state index < -0.39 is 0 Å². The lowest BCUT2D eigenvalue weighted by Crippen LogP contribution is -2.11. The predicted molar refractivity (Wildman–Crippen MR) is 71.1 cm³/mol. The first kappa shape index (κ1) is 12.1. The summed E-state index contributed by atoms with van der Waals surface area (Å²) in [5.41, 5.74) is 2.20. The summed E-state index contributed by atoms with van der Waals surface area (Å²) in [6, 6.07) is 9.59. The van der Waals surface area contributed by atoms with Crippen LogP contribution in [0.25, 0.3) is 0 Å². The van der Waals surface area contributed by atoms with Gasteiger partial charge in [-0.2, -0.15) is 0 Å². The van der Waals surface area contributed by atoms with Gasteiger partial charge in [0.05, 0.1) is 0 Å². The van der Waals surface area contributed by atoms with Crippen LogP contribution in [0, 0.1) is 5.92 Å². The van der Waals surface area contributed by atoms with Gasteiger partial charge < -0.3 is 0 Å². The van der Waals surface area contributed by atoms with Crippen molar-refractivity contribution in [3.63, 3.8) is 0 Å². The molecule has 1 fully saturated rings. The third-order valence-corrected chi connectivity index (χ3v) is 3.69. The summed E-state index contributed by atoms with van der Waals surface area (Å²) in [4.78, 5) is 12.0. The first-order valence-corrected chi connectivity index (χ1v) is 6.53. The summed E-state index contributed by atoms with van der Waals surface area (Å²) in [6.07, 6.45) is 6.59. The van der Waals surface area contributed by atoms with E-state index >= 15 is 0 Å². The van der Waals surface area contributed by atoms with E-state index in [1.54, 1.807) is 0 Å². The van der Waals surface area contributed by atoms with E-state index in [1.807, 2.05) is 30.3 Å². The van der Waals surface area contributed by atoms with Crippen LogP contribution in [0.5, 0.6) is 0 Å². The highest BCUT2D eigenvalue weighted by Crippen LogP contribution is 2.31. The highest BCUT2D eigenvalue weighted by atomic mass is 16.1. The largest absolute Gasteiger partial charge is 0.294 e. The van der Waals surface area contributed by atoms with Crippen molar-refractivity contribution in [1.29, 1.82) is 0 Å². The van der Waals surface area contributed by atoms with E-state index in [0.29, 0.717) is 12.3 Å². The molecule has 1 saturated carbocycles. The number of carbonyl (C=O) groups excluding carboxylic acids is 1. The van der Waals surface area contributed by atoms with Crippen LogP contribution in [0.15, 0.2) is 42.5 Å². The van der Waals surface area contributed by atoms with Gasteiger partial charge in [0.25, 0.3) is 0 Å². The average molecular weight is 228 g/mol. The molecule has 1 nitrogen and oxygen atoms in total. The lowest BCUT2D eigenvalue weighted by Gasteiger charge is -2.24. The molecule has 0 amide bonds. The number of hydrogen-bond donors (Lipinski definition) is 0. The first-order chi connectivity index (χ1) is 8.27. The zero-order valence-corrected chi connectivity index (χ0v) is 10.3. The maximum Gasteiger partial charge on any atom is 0.162 e. The highest BCUT2D eigenvalue weighted by molar-refractivity contribution is 5.95. The molecular weight excluding hydrogens is 208 g/mol. The maximum atomic E-state index is 12.0. The minimum Gasteiger partial charge on any atom is -0.294 e. The SMILES string of the molecule is C=C1CCCC[C@H]1CCC(=O)c1ccccc1. The van der Waals surface area contributed by atoms with Crippen LogP contribution in [0.1, 0.15) is 48.9 Å². The monoisotopic (exact) mass is 228 g/mol. The second kappa shape index (κ2) is 5.81. The van der Waals surface area contributed by atoms with E-state index in [1.165, 1.54) is 24.8 Å². The van der Waals surface area contributed by atoms with E-state index in [9.17, 15) is 4.79 Å². The molecule has 17 heavy (non-hydrogen) atoms. The number of hydrogen-bond acceptors (Lipinski definition) is 1. The number of rotatable bonds is 4. The van der Waals surface area contributed by atoms with Crippen LogP contribution < -0.4 is 0 Å². The molecule has 0 bridgehead atoms. The molecule has 0 radical (unpaired) electrons. The van der Waals surface area contributed by atoms with Crippen LogP contribution in [-0.2, 0) is 0 Å². The summed E-state index contributed by atoms with van der Waals surface area (Å²) in [5, 5.41) is 0. The quantitative estimate of drug-likeness (QED) is 0.551. The number of Topliss-reactive ketones (excluding diaryl/α,β-unsaturated/α-hetero) is 1.